The number of piperidine rings is 1. The zero-order valence-electron chi connectivity index (χ0n) is 12.2. The van der Waals surface area contributed by atoms with Gasteiger partial charge in [-0.25, -0.2) is 0 Å². The zero-order valence-corrected chi connectivity index (χ0v) is 12.2. The molecule has 0 spiro atoms. The third kappa shape index (κ3) is 5.81. The van der Waals surface area contributed by atoms with E-state index in [0.717, 1.165) is 32.0 Å². The molecular formula is C14H28N4. The molecule has 4 nitrogen and oxygen atoms in total. The molecule has 1 aliphatic heterocycles. The van der Waals surface area contributed by atoms with Gasteiger partial charge in [0.15, 0.2) is 0 Å². The van der Waals surface area contributed by atoms with Gasteiger partial charge in [-0.1, -0.05) is 6.92 Å². The van der Waals surface area contributed by atoms with Gasteiger partial charge in [0, 0.05) is 13.1 Å². The summed E-state index contributed by atoms with van der Waals surface area (Å²) in [4.78, 5) is 4.71. The Morgan fingerprint density at radius 3 is 2.67 bits per heavy atom. The molecule has 0 aromatic rings. The van der Waals surface area contributed by atoms with Crippen LogP contribution in [0.25, 0.3) is 0 Å². The normalized spacial score (nSPS) is 19.9. The fourth-order valence-electron chi connectivity index (χ4n) is 2.54. The van der Waals surface area contributed by atoms with Gasteiger partial charge in [0.2, 0.25) is 0 Å². The van der Waals surface area contributed by atoms with Gasteiger partial charge >= 0.3 is 0 Å². The first kappa shape index (κ1) is 15.4. The maximum atomic E-state index is 9.10. The molecule has 18 heavy (non-hydrogen) atoms. The largest absolute Gasteiger partial charge is 0.306 e. The second-order valence-electron chi connectivity index (χ2n) is 5.60. The summed E-state index contributed by atoms with van der Waals surface area (Å²) in [5.41, 5.74) is 0. The molecule has 1 aliphatic rings. The Kier molecular flexibility index (Phi) is 7.26. The summed E-state index contributed by atoms with van der Waals surface area (Å²) >= 11 is 0. The van der Waals surface area contributed by atoms with Crippen LogP contribution in [0.5, 0.6) is 0 Å². The van der Waals surface area contributed by atoms with Gasteiger partial charge in [-0.15, -0.1) is 0 Å². The predicted octanol–water partition coefficient (Wildman–Crippen LogP) is 1.15. The van der Waals surface area contributed by atoms with Crippen molar-refractivity contribution in [3.8, 4) is 6.07 Å². The van der Waals surface area contributed by atoms with E-state index in [1.807, 2.05) is 0 Å². The van der Waals surface area contributed by atoms with E-state index in [0.29, 0.717) is 0 Å². The second kappa shape index (κ2) is 8.47. The average molecular weight is 252 g/mol. The Labute approximate surface area is 112 Å². The molecule has 0 saturated carbocycles. The number of rotatable bonds is 7. The fraction of sp³-hybridized carbons (Fsp3) is 0.929. The van der Waals surface area contributed by atoms with Crippen LogP contribution >= 0.6 is 0 Å². The van der Waals surface area contributed by atoms with Crippen LogP contribution in [0.4, 0.5) is 0 Å². The average Bonchev–Trinajstić information content (AvgIpc) is 2.37. The number of likely N-dealkylation sites (tertiary alicyclic amines) is 1. The van der Waals surface area contributed by atoms with Crippen LogP contribution in [0, 0.1) is 17.2 Å². The van der Waals surface area contributed by atoms with E-state index >= 15 is 0 Å². The lowest BCUT2D eigenvalue weighted by atomic mass is 9.96. The van der Waals surface area contributed by atoms with Crippen molar-refractivity contribution in [1.29, 1.82) is 5.26 Å². The lowest BCUT2D eigenvalue weighted by Crippen LogP contribution is -2.42. The van der Waals surface area contributed by atoms with Crippen molar-refractivity contribution in [2.24, 2.45) is 5.92 Å². The van der Waals surface area contributed by atoms with E-state index in [1.54, 1.807) is 0 Å². The fourth-order valence-corrected chi connectivity index (χ4v) is 2.54. The Morgan fingerprint density at radius 1 is 1.44 bits per heavy atom. The molecule has 0 aromatic heterocycles. The summed E-state index contributed by atoms with van der Waals surface area (Å²) in [6.45, 7) is 7.45. The first-order valence-corrected chi connectivity index (χ1v) is 7.15. The van der Waals surface area contributed by atoms with Crippen LogP contribution in [0.3, 0.4) is 0 Å². The maximum Gasteiger partial charge on any atom is 0.108 e. The minimum absolute atomic E-state index is 0.0267. The number of nitrogens with one attached hydrogen (secondary N) is 1. The van der Waals surface area contributed by atoms with Crippen molar-refractivity contribution in [2.75, 3.05) is 46.8 Å². The quantitative estimate of drug-likeness (QED) is 0.738. The molecule has 1 heterocycles. The smallest absolute Gasteiger partial charge is 0.108 e. The molecule has 4 heteroatoms. The molecule has 104 valence electrons. The Balaban J connectivity index is 2.23. The molecule has 0 amide bonds. The van der Waals surface area contributed by atoms with Gasteiger partial charge in [0.1, 0.15) is 6.04 Å². The number of hydrogen-bond acceptors (Lipinski definition) is 4. The molecule has 1 fully saturated rings. The molecule has 1 saturated heterocycles. The van der Waals surface area contributed by atoms with Gasteiger partial charge < -0.3 is 15.1 Å². The Bertz CT molecular complexity index is 253. The second-order valence-corrected chi connectivity index (χ2v) is 5.60. The van der Waals surface area contributed by atoms with Crippen molar-refractivity contribution in [3.63, 3.8) is 0 Å². The van der Waals surface area contributed by atoms with E-state index in [4.69, 9.17) is 5.26 Å². The van der Waals surface area contributed by atoms with Gasteiger partial charge in [0.25, 0.3) is 0 Å². The molecule has 0 bridgehead atoms. The van der Waals surface area contributed by atoms with Crippen LogP contribution in [0.2, 0.25) is 0 Å². The van der Waals surface area contributed by atoms with E-state index in [-0.39, 0.29) is 6.04 Å². The minimum Gasteiger partial charge on any atom is -0.306 e. The SMILES string of the molecule is CCCNC(C#N)CN(C)CC1CCN(C)CC1. The van der Waals surface area contributed by atoms with Crippen LogP contribution < -0.4 is 5.32 Å². The summed E-state index contributed by atoms with van der Waals surface area (Å²) < 4.78 is 0. The third-order valence-electron chi connectivity index (χ3n) is 3.70. The van der Waals surface area contributed by atoms with Crippen LogP contribution in [0.15, 0.2) is 0 Å². The molecule has 1 rings (SSSR count). The lowest BCUT2D eigenvalue weighted by molar-refractivity contribution is 0.173. The predicted molar refractivity (Wildman–Crippen MR) is 75.4 cm³/mol. The molecule has 1 N–H and O–H groups in total. The number of nitrogens with zero attached hydrogens (tertiary/aromatic N) is 3. The Morgan fingerprint density at radius 2 is 2.11 bits per heavy atom. The molecule has 0 aliphatic carbocycles. The van der Waals surface area contributed by atoms with Gasteiger partial charge in [0.05, 0.1) is 6.07 Å². The number of hydrogen-bond donors (Lipinski definition) is 1. The third-order valence-corrected chi connectivity index (χ3v) is 3.70. The molecule has 1 atom stereocenters. The first-order valence-electron chi connectivity index (χ1n) is 7.15. The maximum absolute atomic E-state index is 9.10. The molecule has 0 aromatic carbocycles. The van der Waals surface area contributed by atoms with E-state index in [1.165, 1.54) is 25.9 Å². The highest BCUT2D eigenvalue weighted by Crippen LogP contribution is 2.16. The first-order chi connectivity index (χ1) is 8.65. The summed E-state index contributed by atoms with van der Waals surface area (Å²) in [5, 5.41) is 12.4. The number of likely N-dealkylation sites (N-methyl/N-ethyl adjacent to an activating group) is 1. The minimum atomic E-state index is -0.0267. The molecular weight excluding hydrogens is 224 g/mol. The van der Waals surface area contributed by atoms with Crippen molar-refractivity contribution < 1.29 is 0 Å². The monoisotopic (exact) mass is 252 g/mol. The van der Waals surface area contributed by atoms with Crippen molar-refractivity contribution in [1.82, 2.24) is 15.1 Å². The van der Waals surface area contributed by atoms with E-state index in [9.17, 15) is 0 Å². The Hall–Kier alpha value is -0.630. The van der Waals surface area contributed by atoms with Gasteiger partial charge in [-0.3, -0.25) is 0 Å². The lowest BCUT2D eigenvalue weighted by Gasteiger charge is -2.32. The van der Waals surface area contributed by atoms with Crippen molar-refractivity contribution in [3.05, 3.63) is 0 Å². The van der Waals surface area contributed by atoms with E-state index < -0.39 is 0 Å². The van der Waals surface area contributed by atoms with Crippen LogP contribution in [0.1, 0.15) is 26.2 Å². The zero-order chi connectivity index (χ0) is 13.4. The molecule has 0 radical (unpaired) electrons. The number of nitriles is 1. The highest BCUT2D eigenvalue weighted by Gasteiger charge is 2.19. The molecule has 1 unspecified atom stereocenters. The van der Waals surface area contributed by atoms with Crippen LogP contribution in [-0.2, 0) is 0 Å². The van der Waals surface area contributed by atoms with E-state index in [2.05, 4.69) is 42.2 Å². The summed E-state index contributed by atoms with van der Waals surface area (Å²) in [6.07, 6.45) is 3.66. The standard InChI is InChI=1S/C14H28N4/c1-4-7-16-14(10-15)12-18(3)11-13-5-8-17(2)9-6-13/h13-14,16H,4-9,11-12H2,1-3H3. The summed E-state index contributed by atoms with van der Waals surface area (Å²) in [6, 6.07) is 2.32. The van der Waals surface area contributed by atoms with Crippen molar-refractivity contribution in [2.45, 2.75) is 32.2 Å². The van der Waals surface area contributed by atoms with Crippen LogP contribution in [-0.4, -0.2) is 62.7 Å². The summed E-state index contributed by atoms with van der Waals surface area (Å²) in [5.74, 6) is 0.803. The van der Waals surface area contributed by atoms with Crippen molar-refractivity contribution >= 4 is 0 Å². The highest BCUT2D eigenvalue weighted by molar-refractivity contribution is 4.91. The van der Waals surface area contributed by atoms with Gasteiger partial charge in [-0.2, -0.15) is 5.26 Å². The van der Waals surface area contributed by atoms with Gasteiger partial charge in [-0.05, 0) is 58.9 Å². The topological polar surface area (TPSA) is 42.3 Å². The highest BCUT2D eigenvalue weighted by atomic mass is 15.1. The summed E-state index contributed by atoms with van der Waals surface area (Å²) in [7, 11) is 4.33.